The monoisotopic (exact) mass is 451 g/mol. The molecule has 6 nitrogen and oxygen atoms in total. The molecule has 0 unspecified atom stereocenters. The summed E-state index contributed by atoms with van der Waals surface area (Å²) in [6, 6.07) is 23.3. The Labute approximate surface area is 199 Å². The molecule has 0 spiro atoms. The van der Waals surface area contributed by atoms with Gasteiger partial charge in [-0.3, -0.25) is 0 Å². The summed E-state index contributed by atoms with van der Waals surface area (Å²) in [6.07, 6.45) is 1.96. The van der Waals surface area contributed by atoms with Gasteiger partial charge < -0.3 is 14.0 Å². The number of benzene rings is 3. The number of ether oxygens (including phenoxy) is 2. The first-order valence-corrected chi connectivity index (χ1v) is 10.9. The number of nitrogens with zero attached hydrogens (tertiary/aromatic N) is 3. The molecular weight excluding hydrogens is 426 g/mol. The van der Waals surface area contributed by atoms with Gasteiger partial charge in [0.15, 0.2) is 0 Å². The first-order chi connectivity index (χ1) is 16.5. The maximum absolute atomic E-state index is 11.7. The molecule has 0 aliphatic carbocycles. The van der Waals surface area contributed by atoms with Gasteiger partial charge in [0.25, 0.3) is 0 Å². The predicted octanol–water partition coefficient (Wildman–Crippen LogP) is 5.44. The van der Waals surface area contributed by atoms with E-state index in [1.165, 1.54) is 7.11 Å². The van der Waals surface area contributed by atoms with Crippen molar-refractivity contribution < 1.29 is 14.3 Å². The second-order valence-electron chi connectivity index (χ2n) is 8.03. The Morgan fingerprint density at radius 1 is 1.03 bits per heavy atom. The van der Waals surface area contributed by atoms with Crippen molar-refractivity contribution in [3.05, 3.63) is 101 Å². The van der Waals surface area contributed by atoms with Crippen LogP contribution in [0.3, 0.4) is 0 Å². The molecule has 0 saturated heterocycles. The van der Waals surface area contributed by atoms with Crippen LogP contribution in [0, 0.1) is 18.3 Å². The zero-order chi connectivity index (χ0) is 24.1. The smallest absolute Gasteiger partial charge is 0.337 e. The van der Waals surface area contributed by atoms with Crippen LogP contribution < -0.4 is 0 Å². The van der Waals surface area contributed by atoms with E-state index in [4.69, 9.17) is 14.5 Å². The molecule has 0 radical (unpaired) electrons. The van der Waals surface area contributed by atoms with E-state index in [0.717, 1.165) is 39.3 Å². The summed E-state index contributed by atoms with van der Waals surface area (Å²) < 4.78 is 12.6. The average Bonchev–Trinajstić information content (AvgIpc) is 3.24. The van der Waals surface area contributed by atoms with Crippen molar-refractivity contribution in [2.45, 2.75) is 20.1 Å². The van der Waals surface area contributed by atoms with Crippen LogP contribution in [0.2, 0.25) is 0 Å². The molecule has 170 valence electrons. The number of esters is 1. The largest absolute Gasteiger partial charge is 0.465 e. The minimum Gasteiger partial charge on any atom is -0.465 e. The maximum Gasteiger partial charge on any atom is 0.337 e. The van der Waals surface area contributed by atoms with Crippen LogP contribution in [-0.2, 0) is 29.7 Å². The van der Waals surface area contributed by atoms with Crippen LogP contribution in [0.4, 0.5) is 0 Å². The van der Waals surface area contributed by atoms with Crippen LogP contribution in [0.25, 0.3) is 22.4 Å². The minimum atomic E-state index is -0.372. The number of methoxy groups -OCH3 is 1. The summed E-state index contributed by atoms with van der Waals surface area (Å²) in [5, 5.41) is 9.62. The SMILES string of the molecule is COC(=O)c1cccc(COCc2nc(-c3ccc(C#N)c(-c4ccccc4C)c3)cn2C)c1. The second-order valence-corrected chi connectivity index (χ2v) is 8.03. The summed E-state index contributed by atoms with van der Waals surface area (Å²) in [7, 11) is 3.29. The predicted molar refractivity (Wildman–Crippen MR) is 130 cm³/mol. The quantitative estimate of drug-likeness (QED) is 0.350. The molecule has 4 aromatic rings. The van der Waals surface area contributed by atoms with E-state index in [-0.39, 0.29) is 5.97 Å². The van der Waals surface area contributed by atoms with Gasteiger partial charge in [-0.15, -0.1) is 0 Å². The molecule has 0 aliphatic heterocycles. The third-order valence-corrected chi connectivity index (χ3v) is 5.69. The number of hydrogen-bond donors (Lipinski definition) is 0. The van der Waals surface area contributed by atoms with Gasteiger partial charge in [0.1, 0.15) is 12.4 Å². The number of aryl methyl sites for hydroxylation is 2. The Balaban J connectivity index is 1.52. The topological polar surface area (TPSA) is 77.1 Å². The normalized spacial score (nSPS) is 10.6. The zero-order valence-electron chi connectivity index (χ0n) is 19.4. The van der Waals surface area contributed by atoms with Gasteiger partial charge in [-0.2, -0.15) is 5.26 Å². The highest BCUT2D eigenvalue weighted by molar-refractivity contribution is 5.89. The highest BCUT2D eigenvalue weighted by Crippen LogP contribution is 2.31. The molecule has 6 heteroatoms. The van der Waals surface area contributed by atoms with Crippen LogP contribution in [0.5, 0.6) is 0 Å². The van der Waals surface area contributed by atoms with Crippen molar-refractivity contribution in [1.29, 1.82) is 5.26 Å². The third-order valence-electron chi connectivity index (χ3n) is 5.69. The fraction of sp³-hybridized carbons (Fsp3) is 0.179. The van der Waals surface area contributed by atoms with Crippen molar-refractivity contribution in [2.75, 3.05) is 7.11 Å². The third kappa shape index (κ3) is 4.90. The standard InChI is InChI=1S/C28H25N3O3/c1-19-7-4-5-10-24(19)25-14-21(11-12-23(25)15-29)26-16-31(2)27(30-26)18-34-17-20-8-6-9-22(13-20)28(32)33-3/h4-14,16H,17-18H2,1-3H3. The van der Waals surface area contributed by atoms with Crippen LogP contribution >= 0.6 is 0 Å². The summed E-state index contributed by atoms with van der Waals surface area (Å²) in [5.74, 6) is 0.406. The number of rotatable bonds is 7. The lowest BCUT2D eigenvalue weighted by molar-refractivity contribution is 0.0600. The number of carbonyl (C=O) groups excluding carboxylic acids is 1. The molecule has 0 aliphatic rings. The molecule has 34 heavy (non-hydrogen) atoms. The van der Waals surface area contributed by atoms with Gasteiger partial charge >= 0.3 is 5.97 Å². The fourth-order valence-electron chi connectivity index (χ4n) is 3.84. The van der Waals surface area contributed by atoms with E-state index < -0.39 is 0 Å². The first-order valence-electron chi connectivity index (χ1n) is 10.9. The average molecular weight is 452 g/mol. The van der Waals surface area contributed by atoms with E-state index in [1.54, 1.807) is 18.2 Å². The van der Waals surface area contributed by atoms with E-state index in [2.05, 4.69) is 6.07 Å². The van der Waals surface area contributed by atoms with Gasteiger partial charge in [0.05, 0.1) is 36.6 Å². The number of nitriles is 1. The van der Waals surface area contributed by atoms with Gasteiger partial charge in [-0.25, -0.2) is 9.78 Å². The van der Waals surface area contributed by atoms with Crippen molar-refractivity contribution in [1.82, 2.24) is 9.55 Å². The molecular formula is C28H25N3O3. The van der Waals surface area contributed by atoms with Gasteiger partial charge in [-0.05, 0) is 47.9 Å². The summed E-state index contributed by atoms with van der Waals surface area (Å²) in [4.78, 5) is 16.5. The lowest BCUT2D eigenvalue weighted by Gasteiger charge is -2.09. The molecule has 0 N–H and O–H groups in total. The van der Waals surface area contributed by atoms with Gasteiger partial charge in [-0.1, -0.05) is 42.5 Å². The van der Waals surface area contributed by atoms with Crippen molar-refractivity contribution in [3.63, 3.8) is 0 Å². The van der Waals surface area contributed by atoms with Crippen LogP contribution in [0.1, 0.15) is 32.9 Å². The Bertz CT molecular complexity index is 1380. The number of hydrogen-bond acceptors (Lipinski definition) is 5. The number of imidazole rings is 1. The summed E-state index contributed by atoms with van der Waals surface area (Å²) in [6.45, 7) is 2.71. The zero-order valence-corrected chi connectivity index (χ0v) is 19.4. The van der Waals surface area contributed by atoms with E-state index in [1.807, 2.05) is 73.3 Å². The Morgan fingerprint density at radius 3 is 2.62 bits per heavy atom. The lowest BCUT2D eigenvalue weighted by atomic mass is 9.94. The Morgan fingerprint density at radius 2 is 1.85 bits per heavy atom. The van der Waals surface area contributed by atoms with E-state index in [9.17, 15) is 10.1 Å². The minimum absolute atomic E-state index is 0.319. The highest BCUT2D eigenvalue weighted by atomic mass is 16.5. The molecule has 1 aromatic heterocycles. The molecule has 1 heterocycles. The number of carbonyl (C=O) groups is 1. The maximum atomic E-state index is 11.7. The molecule has 0 atom stereocenters. The van der Waals surface area contributed by atoms with E-state index >= 15 is 0 Å². The highest BCUT2D eigenvalue weighted by Gasteiger charge is 2.13. The summed E-state index contributed by atoms with van der Waals surface area (Å²) >= 11 is 0. The molecule has 4 rings (SSSR count). The molecule has 0 bridgehead atoms. The van der Waals surface area contributed by atoms with Crippen LogP contribution in [0.15, 0.2) is 72.9 Å². The Kier molecular flexibility index (Phi) is 6.86. The summed E-state index contributed by atoms with van der Waals surface area (Å²) in [5.41, 5.74) is 6.80. The second kappa shape index (κ2) is 10.2. The first kappa shape index (κ1) is 23.0. The van der Waals surface area contributed by atoms with Crippen molar-refractivity contribution >= 4 is 5.97 Å². The van der Waals surface area contributed by atoms with Gasteiger partial charge in [0, 0.05) is 24.4 Å². The molecule has 0 saturated carbocycles. The molecule has 0 amide bonds. The van der Waals surface area contributed by atoms with E-state index in [0.29, 0.717) is 24.3 Å². The Hall–Kier alpha value is -4.21. The van der Waals surface area contributed by atoms with Crippen molar-refractivity contribution in [2.24, 2.45) is 7.05 Å². The fourth-order valence-corrected chi connectivity index (χ4v) is 3.84. The lowest BCUT2D eigenvalue weighted by Crippen LogP contribution is -2.04. The van der Waals surface area contributed by atoms with Crippen LogP contribution in [-0.4, -0.2) is 22.6 Å². The number of aromatic nitrogens is 2. The van der Waals surface area contributed by atoms with Gasteiger partial charge in [0.2, 0.25) is 0 Å². The molecule has 3 aromatic carbocycles. The van der Waals surface area contributed by atoms with Crippen molar-refractivity contribution in [3.8, 4) is 28.5 Å². The molecule has 0 fully saturated rings.